The molecule has 0 spiro atoms. The van der Waals surface area contributed by atoms with Crippen molar-refractivity contribution in [1.82, 2.24) is 15.0 Å². The maximum Gasteiger partial charge on any atom is 0.343 e. The number of carbonyl (C=O) groups is 1. The van der Waals surface area contributed by atoms with Gasteiger partial charge in [0.2, 0.25) is 0 Å². The van der Waals surface area contributed by atoms with Crippen LogP contribution in [-0.2, 0) is 6.54 Å². The van der Waals surface area contributed by atoms with Gasteiger partial charge in [-0.15, -0.1) is 5.10 Å². The van der Waals surface area contributed by atoms with Gasteiger partial charge in [-0.1, -0.05) is 23.4 Å². The van der Waals surface area contributed by atoms with Gasteiger partial charge in [-0.05, 0) is 37.3 Å². The van der Waals surface area contributed by atoms with E-state index in [4.69, 9.17) is 4.74 Å². The highest BCUT2D eigenvalue weighted by atomic mass is 16.5. The van der Waals surface area contributed by atoms with Gasteiger partial charge in [0.05, 0.1) is 11.1 Å². The molecule has 3 rings (SSSR count). The lowest BCUT2D eigenvalue weighted by atomic mass is 10.2. The van der Waals surface area contributed by atoms with Crippen LogP contribution in [-0.4, -0.2) is 21.0 Å². The topological polar surface area (TPSA) is 57.0 Å². The molecule has 20 heavy (non-hydrogen) atoms. The first-order valence-corrected chi connectivity index (χ1v) is 6.38. The van der Waals surface area contributed by atoms with Gasteiger partial charge in [-0.25, -0.2) is 9.48 Å². The van der Waals surface area contributed by atoms with Crippen molar-refractivity contribution in [3.05, 3.63) is 54.1 Å². The van der Waals surface area contributed by atoms with E-state index in [1.54, 1.807) is 35.0 Å². The number of nitrogens with zero attached hydrogens (tertiary/aromatic N) is 3. The van der Waals surface area contributed by atoms with Gasteiger partial charge in [0.1, 0.15) is 11.3 Å². The predicted molar refractivity (Wildman–Crippen MR) is 74.6 cm³/mol. The Balaban J connectivity index is 1.91. The maximum absolute atomic E-state index is 12.1. The molecule has 0 bridgehead atoms. The molecule has 0 aliphatic heterocycles. The van der Waals surface area contributed by atoms with Crippen LogP contribution in [0.25, 0.3) is 11.0 Å². The maximum atomic E-state index is 12.1. The molecule has 1 aromatic heterocycles. The van der Waals surface area contributed by atoms with Crippen molar-refractivity contribution in [2.45, 2.75) is 13.5 Å². The first-order chi connectivity index (χ1) is 9.78. The predicted octanol–water partition coefficient (Wildman–Crippen LogP) is 2.67. The highest BCUT2D eigenvalue weighted by molar-refractivity contribution is 5.94. The molecular weight excluding hydrogens is 254 g/mol. The quantitative estimate of drug-likeness (QED) is 0.540. The summed E-state index contributed by atoms with van der Waals surface area (Å²) >= 11 is 0. The van der Waals surface area contributed by atoms with E-state index in [9.17, 15) is 4.79 Å². The third-order valence-electron chi connectivity index (χ3n) is 3.00. The molecule has 100 valence electrons. The number of aryl methyl sites for hydroxylation is 1. The molecule has 0 unspecified atom stereocenters. The van der Waals surface area contributed by atoms with Gasteiger partial charge in [-0.2, -0.15) is 0 Å². The summed E-state index contributed by atoms with van der Waals surface area (Å²) in [6.07, 6.45) is 0. The number of para-hydroxylation sites is 1. The van der Waals surface area contributed by atoms with Gasteiger partial charge in [0.25, 0.3) is 0 Å². The molecule has 0 saturated carbocycles. The zero-order valence-corrected chi connectivity index (χ0v) is 11.0. The van der Waals surface area contributed by atoms with Crippen LogP contribution in [0.1, 0.15) is 17.3 Å². The normalized spacial score (nSPS) is 10.7. The number of ether oxygens (including phenoxy) is 1. The molecule has 0 atom stereocenters. The Morgan fingerprint density at radius 3 is 2.75 bits per heavy atom. The number of benzene rings is 2. The van der Waals surface area contributed by atoms with E-state index in [0.29, 0.717) is 17.9 Å². The average molecular weight is 267 g/mol. The molecule has 0 radical (unpaired) electrons. The lowest BCUT2D eigenvalue weighted by molar-refractivity contribution is 0.0735. The van der Waals surface area contributed by atoms with Crippen LogP contribution in [0.5, 0.6) is 5.75 Å². The van der Waals surface area contributed by atoms with E-state index in [0.717, 1.165) is 11.0 Å². The van der Waals surface area contributed by atoms with Crippen LogP contribution in [0.3, 0.4) is 0 Å². The summed E-state index contributed by atoms with van der Waals surface area (Å²) in [6.45, 7) is 2.68. The standard InChI is InChI=1S/C15H13N3O2/c1-2-18-14-10-11(8-9-13(14)16-17-18)15(19)20-12-6-4-3-5-7-12/h3-10H,2H2,1H3. The van der Waals surface area contributed by atoms with Crippen molar-refractivity contribution in [3.63, 3.8) is 0 Å². The zero-order chi connectivity index (χ0) is 13.9. The third kappa shape index (κ3) is 2.25. The van der Waals surface area contributed by atoms with Gasteiger partial charge in [0.15, 0.2) is 0 Å². The summed E-state index contributed by atoms with van der Waals surface area (Å²) in [5.74, 6) is 0.140. The highest BCUT2D eigenvalue weighted by Gasteiger charge is 2.11. The summed E-state index contributed by atoms with van der Waals surface area (Å²) in [5, 5.41) is 8.05. The first-order valence-electron chi connectivity index (χ1n) is 6.38. The van der Waals surface area contributed by atoms with E-state index < -0.39 is 0 Å². The van der Waals surface area contributed by atoms with Crippen LogP contribution >= 0.6 is 0 Å². The molecule has 2 aromatic carbocycles. The van der Waals surface area contributed by atoms with Crippen molar-refractivity contribution < 1.29 is 9.53 Å². The molecule has 0 aliphatic rings. The summed E-state index contributed by atoms with van der Waals surface area (Å²) in [6, 6.07) is 14.2. The number of hydrogen-bond acceptors (Lipinski definition) is 4. The molecule has 3 aromatic rings. The lowest BCUT2D eigenvalue weighted by Gasteiger charge is -2.04. The molecule has 5 nitrogen and oxygen atoms in total. The van der Waals surface area contributed by atoms with Crippen molar-refractivity contribution in [1.29, 1.82) is 0 Å². The smallest absolute Gasteiger partial charge is 0.343 e. The minimum atomic E-state index is -0.387. The van der Waals surface area contributed by atoms with E-state index in [1.807, 2.05) is 25.1 Å². The van der Waals surface area contributed by atoms with Gasteiger partial charge < -0.3 is 4.74 Å². The van der Waals surface area contributed by atoms with Crippen LogP contribution < -0.4 is 4.74 Å². The van der Waals surface area contributed by atoms with Crippen LogP contribution in [0, 0.1) is 0 Å². The molecule has 1 heterocycles. The van der Waals surface area contributed by atoms with E-state index in [2.05, 4.69) is 10.3 Å². The zero-order valence-electron chi connectivity index (χ0n) is 11.0. The molecule has 5 heteroatoms. The van der Waals surface area contributed by atoms with E-state index >= 15 is 0 Å². The second-order valence-electron chi connectivity index (χ2n) is 4.31. The molecule has 0 fully saturated rings. The second kappa shape index (κ2) is 5.13. The fraction of sp³-hybridized carbons (Fsp3) is 0.133. The van der Waals surface area contributed by atoms with Crippen LogP contribution in [0.4, 0.5) is 0 Å². The van der Waals surface area contributed by atoms with Crippen LogP contribution in [0.2, 0.25) is 0 Å². The van der Waals surface area contributed by atoms with E-state index in [-0.39, 0.29) is 5.97 Å². The second-order valence-corrected chi connectivity index (χ2v) is 4.31. The minimum Gasteiger partial charge on any atom is -0.423 e. The number of esters is 1. The van der Waals surface area contributed by atoms with Gasteiger partial charge >= 0.3 is 5.97 Å². The number of fused-ring (bicyclic) bond motifs is 1. The Bertz CT molecular complexity index is 750. The Hall–Kier alpha value is -2.69. The lowest BCUT2D eigenvalue weighted by Crippen LogP contribution is -2.08. The Kier molecular flexibility index (Phi) is 3.16. The molecule has 0 N–H and O–H groups in total. The Labute approximate surface area is 115 Å². The van der Waals surface area contributed by atoms with Gasteiger partial charge in [0, 0.05) is 6.54 Å². The summed E-state index contributed by atoms with van der Waals surface area (Å²) in [5.41, 5.74) is 2.08. The summed E-state index contributed by atoms with van der Waals surface area (Å²) in [7, 11) is 0. The number of hydrogen-bond donors (Lipinski definition) is 0. The fourth-order valence-electron chi connectivity index (χ4n) is 1.98. The van der Waals surface area contributed by atoms with Crippen molar-refractivity contribution in [3.8, 4) is 5.75 Å². The minimum absolute atomic E-state index is 0.387. The first kappa shape index (κ1) is 12.3. The average Bonchev–Trinajstić information content (AvgIpc) is 2.90. The fourth-order valence-corrected chi connectivity index (χ4v) is 1.98. The summed E-state index contributed by atoms with van der Waals surface area (Å²) < 4.78 is 7.06. The number of aromatic nitrogens is 3. The Morgan fingerprint density at radius 2 is 2.00 bits per heavy atom. The molecule has 0 aliphatic carbocycles. The van der Waals surface area contributed by atoms with Crippen molar-refractivity contribution >= 4 is 17.0 Å². The van der Waals surface area contributed by atoms with Crippen LogP contribution in [0.15, 0.2) is 48.5 Å². The molecular formula is C15H13N3O2. The SMILES string of the molecule is CCn1nnc2ccc(C(=O)Oc3ccccc3)cc21. The Morgan fingerprint density at radius 1 is 1.20 bits per heavy atom. The number of rotatable bonds is 3. The molecule has 0 saturated heterocycles. The van der Waals surface area contributed by atoms with Crippen molar-refractivity contribution in [2.75, 3.05) is 0 Å². The molecule has 0 amide bonds. The van der Waals surface area contributed by atoms with E-state index in [1.165, 1.54) is 0 Å². The van der Waals surface area contributed by atoms with Gasteiger partial charge in [-0.3, -0.25) is 0 Å². The largest absolute Gasteiger partial charge is 0.423 e. The third-order valence-corrected chi connectivity index (χ3v) is 3.00. The number of carbonyl (C=O) groups excluding carboxylic acids is 1. The van der Waals surface area contributed by atoms with Crippen molar-refractivity contribution in [2.24, 2.45) is 0 Å². The monoisotopic (exact) mass is 267 g/mol. The summed E-state index contributed by atoms with van der Waals surface area (Å²) in [4.78, 5) is 12.1. The highest BCUT2D eigenvalue weighted by Crippen LogP contribution is 2.16.